The van der Waals surface area contributed by atoms with Gasteiger partial charge < -0.3 is 5.73 Å². The van der Waals surface area contributed by atoms with E-state index in [1.54, 1.807) is 12.4 Å². The van der Waals surface area contributed by atoms with Crippen LogP contribution in [0.1, 0.15) is 18.9 Å². The van der Waals surface area contributed by atoms with Crippen LogP contribution in [0, 0.1) is 0 Å². The van der Waals surface area contributed by atoms with Crippen LogP contribution < -0.4 is 5.73 Å². The van der Waals surface area contributed by atoms with Crippen LogP contribution in [0.25, 0.3) is 0 Å². The molecule has 1 atom stereocenters. The molecule has 2 N–H and O–H groups in total. The molecule has 1 heterocycles. The first-order valence-electron chi connectivity index (χ1n) is 5.34. The van der Waals surface area contributed by atoms with Gasteiger partial charge >= 0.3 is 0 Å². The molecule has 90 valence electrons. The van der Waals surface area contributed by atoms with Crippen molar-refractivity contribution in [2.24, 2.45) is 5.73 Å². The average Bonchev–Trinajstić information content (AvgIpc) is 2.26. The Balaban J connectivity index is 2.42. The zero-order valence-electron chi connectivity index (χ0n) is 9.46. The molecule has 0 aliphatic heterocycles. The molecule has 0 fully saturated rings. The molecular formula is C11H18N2O2S. The molecule has 0 spiro atoms. The van der Waals surface area contributed by atoms with Gasteiger partial charge in [0.2, 0.25) is 0 Å². The zero-order chi connectivity index (χ0) is 12.0. The van der Waals surface area contributed by atoms with Crippen LogP contribution in [-0.2, 0) is 16.3 Å². The molecule has 1 rings (SSSR count). The first kappa shape index (κ1) is 13.1. The molecule has 1 unspecified atom stereocenters. The highest BCUT2D eigenvalue weighted by Gasteiger charge is 2.11. The number of nitrogens with two attached hydrogens (primary N) is 1. The lowest BCUT2D eigenvalue weighted by atomic mass is 10.2. The Hall–Kier alpha value is -0.940. The maximum absolute atomic E-state index is 11.6. The Labute approximate surface area is 96.8 Å². The maximum Gasteiger partial charge on any atom is 0.150 e. The quantitative estimate of drug-likeness (QED) is 0.800. The molecule has 0 saturated heterocycles. The first-order chi connectivity index (χ1) is 7.49. The molecular weight excluding hydrogens is 224 g/mol. The molecule has 0 amide bonds. The van der Waals surface area contributed by atoms with Crippen LogP contribution in [0.5, 0.6) is 0 Å². The standard InChI is InChI=1S/C11H18N2O2S/c1-10(12)4-8-16(14,15)9-5-11-2-6-13-7-3-11/h2-3,6-7,10H,4-5,8-9,12H2,1H3. The second-order valence-corrected chi connectivity index (χ2v) is 6.33. The summed E-state index contributed by atoms with van der Waals surface area (Å²) in [5.41, 5.74) is 6.53. The van der Waals surface area contributed by atoms with Gasteiger partial charge in [0.1, 0.15) is 0 Å². The fraction of sp³-hybridized carbons (Fsp3) is 0.545. The lowest BCUT2D eigenvalue weighted by Crippen LogP contribution is -2.22. The highest BCUT2D eigenvalue weighted by atomic mass is 32.2. The Kier molecular flexibility index (Phi) is 4.89. The van der Waals surface area contributed by atoms with Crippen molar-refractivity contribution in [2.45, 2.75) is 25.8 Å². The van der Waals surface area contributed by atoms with Crippen molar-refractivity contribution in [1.29, 1.82) is 0 Å². The third kappa shape index (κ3) is 5.23. The van der Waals surface area contributed by atoms with E-state index in [-0.39, 0.29) is 17.5 Å². The summed E-state index contributed by atoms with van der Waals surface area (Å²) in [6, 6.07) is 3.61. The Morgan fingerprint density at radius 3 is 2.50 bits per heavy atom. The van der Waals surface area contributed by atoms with Crippen molar-refractivity contribution in [3.63, 3.8) is 0 Å². The molecule has 1 aromatic rings. The number of hydrogen-bond acceptors (Lipinski definition) is 4. The van der Waals surface area contributed by atoms with Crippen LogP contribution in [0.15, 0.2) is 24.5 Å². The third-order valence-corrected chi connectivity index (χ3v) is 4.02. The average molecular weight is 242 g/mol. The number of nitrogens with zero attached hydrogens (tertiary/aromatic N) is 1. The molecule has 0 bridgehead atoms. The minimum absolute atomic E-state index is 0.0595. The van der Waals surface area contributed by atoms with Gasteiger partial charge in [0.05, 0.1) is 11.5 Å². The summed E-state index contributed by atoms with van der Waals surface area (Å²) in [4.78, 5) is 3.88. The highest BCUT2D eigenvalue weighted by Crippen LogP contribution is 2.03. The van der Waals surface area contributed by atoms with E-state index < -0.39 is 9.84 Å². The SMILES string of the molecule is CC(N)CCS(=O)(=O)CCc1ccncc1. The van der Waals surface area contributed by atoms with E-state index in [2.05, 4.69) is 4.98 Å². The summed E-state index contributed by atoms with van der Waals surface area (Å²) in [5.74, 6) is 0.361. The second-order valence-electron chi connectivity index (χ2n) is 4.02. The van der Waals surface area contributed by atoms with Gasteiger partial charge in [-0.05, 0) is 37.5 Å². The molecule has 0 aromatic carbocycles. The van der Waals surface area contributed by atoms with Gasteiger partial charge in [0.25, 0.3) is 0 Å². The van der Waals surface area contributed by atoms with Crippen LogP contribution in [0.3, 0.4) is 0 Å². The van der Waals surface area contributed by atoms with Crippen molar-refractivity contribution in [3.05, 3.63) is 30.1 Å². The topological polar surface area (TPSA) is 73.1 Å². The van der Waals surface area contributed by atoms with Gasteiger partial charge in [-0.15, -0.1) is 0 Å². The van der Waals surface area contributed by atoms with Crippen molar-refractivity contribution >= 4 is 9.84 Å². The van der Waals surface area contributed by atoms with E-state index in [1.807, 2.05) is 19.1 Å². The molecule has 1 aromatic heterocycles. The van der Waals surface area contributed by atoms with E-state index in [4.69, 9.17) is 5.73 Å². The predicted octanol–water partition coefficient (Wildman–Crippen LogP) is 0.776. The molecule has 0 radical (unpaired) electrons. The molecule has 5 heteroatoms. The third-order valence-electron chi connectivity index (χ3n) is 2.34. The number of hydrogen-bond donors (Lipinski definition) is 1. The van der Waals surface area contributed by atoms with E-state index >= 15 is 0 Å². The molecule has 0 aliphatic carbocycles. The van der Waals surface area contributed by atoms with Gasteiger partial charge in [0.15, 0.2) is 9.84 Å². The molecule has 16 heavy (non-hydrogen) atoms. The summed E-state index contributed by atoms with van der Waals surface area (Å²) in [5, 5.41) is 0. The van der Waals surface area contributed by atoms with E-state index in [9.17, 15) is 8.42 Å². The summed E-state index contributed by atoms with van der Waals surface area (Å²) in [6.45, 7) is 1.82. The smallest absolute Gasteiger partial charge is 0.150 e. The Morgan fingerprint density at radius 2 is 1.94 bits per heavy atom. The lowest BCUT2D eigenvalue weighted by Gasteiger charge is -2.06. The lowest BCUT2D eigenvalue weighted by molar-refractivity contribution is 0.586. The van der Waals surface area contributed by atoms with Crippen molar-refractivity contribution in [2.75, 3.05) is 11.5 Å². The van der Waals surface area contributed by atoms with Crippen LogP contribution in [0.4, 0.5) is 0 Å². The van der Waals surface area contributed by atoms with Crippen LogP contribution >= 0.6 is 0 Å². The summed E-state index contributed by atoms with van der Waals surface area (Å²) < 4.78 is 23.3. The number of aryl methyl sites for hydroxylation is 1. The number of rotatable bonds is 6. The van der Waals surface area contributed by atoms with E-state index in [1.165, 1.54) is 0 Å². The summed E-state index contributed by atoms with van der Waals surface area (Å²) >= 11 is 0. The minimum atomic E-state index is -2.98. The van der Waals surface area contributed by atoms with Gasteiger partial charge in [-0.25, -0.2) is 8.42 Å². The monoisotopic (exact) mass is 242 g/mol. The number of sulfone groups is 1. The van der Waals surface area contributed by atoms with E-state index in [0.717, 1.165) is 5.56 Å². The van der Waals surface area contributed by atoms with Gasteiger partial charge in [-0.1, -0.05) is 0 Å². The normalized spacial score (nSPS) is 13.6. The van der Waals surface area contributed by atoms with Gasteiger partial charge in [-0.2, -0.15) is 0 Å². The van der Waals surface area contributed by atoms with Crippen LogP contribution in [0.2, 0.25) is 0 Å². The zero-order valence-corrected chi connectivity index (χ0v) is 10.3. The number of aromatic nitrogens is 1. The van der Waals surface area contributed by atoms with Crippen molar-refractivity contribution in [3.8, 4) is 0 Å². The molecule has 4 nitrogen and oxygen atoms in total. The summed E-state index contributed by atoms with van der Waals surface area (Å²) in [6.07, 6.45) is 4.41. The largest absolute Gasteiger partial charge is 0.328 e. The first-order valence-corrected chi connectivity index (χ1v) is 7.16. The fourth-order valence-corrected chi connectivity index (χ4v) is 2.77. The Bertz CT molecular complexity index is 401. The van der Waals surface area contributed by atoms with Crippen LogP contribution in [-0.4, -0.2) is 30.9 Å². The summed E-state index contributed by atoms with van der Waals surface area (Å²) in [7, 11) is -2.98. The fourth-order valence-electron chi connectivity index (χ4n) is 1.29. The molecule has 0 aliphatic rings. The number of pyridine rings is 1. The minimum Gasteiger partial charge on any atom is -0.328 e. The highest BCUT2D eigenvalue weighted by molar-refractivity contribution is 7.91. The Morgan fingerprint density at radius 1 is 1.31 bits per heavy atom. The molecule has 0 saturated carbocycles. The van der Waals surface area contributed by atoms with E-state index in [0.29, 0.717) is 12.8 Å². The predicted molar refractivity (Wildman–Crippen MR) is 64.9 cm³/mol. The maximum atomic E-state index is 11.6. The van der Waals surface area contributed by atoms with Crippen molar-refractivity contribution in [1.82, 2.24) is 4.98 Å². The van der Waals surface area contributed by atoms with Crippen molar-refractivity contribution < 1.29 is 8.42 Å². The van der Waals surface area contributed by atoms with Gasteiger partial charge in [-0.3, -0.25) is 4.98 Å². The van der Waals surface area contributed by atoms with Gasteiger partial charge in [0, 0.05) is 18.4 Å². The second kappa shape index (κ2) is 5.96.